The van der Waals surface area contributed by atoms with Gasteiger partial charge in [0.2, 0.25) is 0 Å². The maximum atomic E-state index is 11.8. The zero-order valence-corrected chi connectivity index (χ0v) is 12.6. The largest absolute Gasteiger partial charge is 0.459 e. The van der Waals surface area contributed by atoms with Gasteiger partial charge in [-0.3, -0.25) is 4.79 Å². The average molecular weight is 312 g/mol. The molecule has 22 heavy (non-hydrogen) atoms. The fourth-order valence-corrected chi connectivity index (χ4v) is 3.23. The highest BCUT2D eigenvalue weighted by Gasteiger charge is 2.14. The first-order valence-corrected chi connectivity index (χ1v) is 7.67. The van der Waals surface area contributed by atoms with Gasteiger partial charge in [-0.25, -0.2) is 4.98 Å². The maximum Gasteiger partial charge on any atom is 0.263 e. The minimum absolute atomic E-state index is 0.0504. The number of hydrogen-bond donors (Lipinski definition) is 0. The molecular weight excluding hydrogens is 300 g/mol. The molecule has 0 unspecified atom stereocenters. The number of thiophene rings is 1. The van der Waals surface area contributed by atoms with E-state index in [1.54, 1.807) is 24.6 Å². The number of aromatic nitrogens is 2. The summed E-state index contributed by atoms with van der Waals surface area (Å²) in [5.41, 5.74) is 1.79. The Morgan fingerprint density at radius 2 is 2.23 bits per heavy atom. The predicted octanol–water partition coefficient (Wildman–Crippen LogP) is 3.67. The molecule has 4 heterocycles. The first-order valence-electron chi connectivity index (χ1n) is 6.79. The summed E-state index contributed by atoms with van der Waals surface area (Å²) in [4.78, 5) is 16.3. The van der Waals surface area contributed by atoms with Crippen molar-refractivity contribution >= 4 is 21.6 Å². The van der Waals surface area contributed by atoms with Crippen LogP contribution in [-0.2, 0) is 6.54 Å². The van der Waals surface area contributed by atoms with Gasteiger partial charge in [0.05, 0.1) is 23.0 Å². The zero-order valence-electron chi connectivity index (χ0n) is 11.8. The molecule has 6 heteroatoms. The van der Waals surface area contributed by atoms with E-state index < -0.39 is 0 Å². The Balaban J connectivity index is 1.75. The lowest BCUT2D eigenvalue weighted by Gasteiger charge is -2.06. The van der Waals surface area contributed by atoms with Gasteiger partial charge in [-0.05, 0) is 30.5 Å². The van der Waals surface area contributed by atoms with E-state index in [0.29, 0.717) is 18.2 Å². The minimum Gasteiger partial charge on any atom is -0.459 e. The quantitative estimate of drug-likeness (QED) is 0.579. The van der Waals surface area contributed by atoms with Crippen molar-refractivity contribution in [2.24, 2.45) is 0 Å². The van der Waals surface area contributed by atoms with Crippen molar-refractivity contribution in [1.29, 1.82) is 0 Å². The van der Waals surface area contributed by atoms with Gasteiger partial charge >= 0.3 is 0 Å². The standard InChI is InChI=1S/C16H12N2O3S/c1-10-11(17-16(21-10)14-3-2-7-20-14)9-18-6-4-13(19)15-12(18)5-8-22-15/h2-8H,9H2,1H3. The van der Waals surface area contributed by atoms with Crippen LogP contribution in [0.25, 0.3) is 21.9 Å². The van der Waals surface area contributed by atoms with Gasteiger partial charge in [0.25, 0.3) is 5.89 Å². The van der Waals surface area contributed by atoms with Gasteiger partial charge < -0.3 is 13.4 Å². The number of hydrogen-bond acceptors (Lipinski definition) is 5. The fraction of sp³-hybridized carbons (Fsp3) is 0.125. The van der Waals surface area contributed by atoms with Crippen LogP contribution in [0.15, 0.2) is 55.7 Å². The smallest absolute Gasteiger partial charge is 0.263 e. The second-order valence-electron chi connectivity index (χ2n) is 4.94. The first-order chi connectivity index (χ1) is 10.7. The number of rotatable bonds is 3. The molecule has 110 valence electrons. The van der Waals surface area contributed by atoms with Crippen molar-refractivity contribution < 1.29 is 8.83 Å². The molecule has 4 aromatic heterocycles. The minimum atomic E-state index is 0.0504. The number of aryl methyl sites for hydroxylation is 1. The lowest BCUT2D eigenvalue weighted by Crippen LogP contribution is -2.07. The van der Waals surface area contributed by atoms with Gasteiger partial charge in [-0.2, -0.15) is 0 Å². The van der Waals surface area contributed by atoms with E-state index in [2.05, 4.69) is 4.98 Å². The highest BCUT2D eigenvalue weighted by Crippen LogP contribution is 2.24. The van der Waals surface area contributed by atoms with Crippen molar-refractivity contribution in [3.05, 3.63) is 63.8 Å². The molecule has 0 aliphatic heterocycles. The summed E-state index contributed by atoms with van der Waals surface area (Å²) >= 11 is 1.45. The topological polar surface area (TPSA) is 61.2 Å². The molecular formula is C16H12N2O3S. The fourth-order valence-electron chi connectivity index (χ4n) is 2.41. The van der Waals surface area contributed by atoms with Crippen LogP contribution in [0.5, 0.6) is 0 Å². The van der Waals surface area contributed by atoms with Crippen LogP contribution in [0.1, 0.15) is 11.5 Å². The Labute approximate surface area is 129 Å². The molecule has 0 N–H and O–H groups in total. The third-order valence-corrected chi connectivity index (χ3v) is 4.45. The van der Waals surface area contributed by atoms with E-state index in [9.17, 15) is 4.79 Å². The molecule has 0 radical (unpaired) electrons. The molecule has 0 aromatic carbocycles. The lowest BCUT2D eigenvalue weighted by molar-refractivity contribution is 0.499. The number of oxazole rings is 1. The third-order valence-electron chi connectivity index (χ3n) is 3.53. The molecule has 0 saturated carbocycles. The molecule has 4 aromatic rings. The van der Waals surface area contributed by atoms with Gasteiger partial charge in [0.15, 0.2) is 11.2 Å². The van der Waals surface area contributed by atoms with Crippen LogP contribution in [0.2, 0.25) is 0 Å². The summed E-state index contributed by atoms with van der Waals surface area (Å²) in [7, 11) is 0. The van der Waals surface area contributed by atoms with Crippen molar-refractivity contribution in [3.63, 3.8) is 0 Å². The van der Waals surface area contributed by atoms with Gasteiger partial charge in [0, 0.05) is 12.3 Å². The summed E-state index contributed by atoms with van der Waals surface area (Å²) in [6.07, 6.45) is 3.38. The highest BCUT2D eigenvalue weighted by atomic mass is 32.1. The zero-order chi connectivity index (χ0) is 15.1. The van der Waals surface area contributed by atoms with Crippen LogP contribution < -0.4 is 5.43 Å². The van der Waals surface area contributed by atoms with Gasteiger partial charge in [-0.15, -0.1) is 11.3 Å². The van der Waals surface area contributed by atoms with E-state index in [4.69, 9.17) is 8.83 Å². The van der Waals surface area contributed by atoms with Crippen LogP contribution in [-0.4, -0.2) is 9.55 Å². The molecule has 0 fully saturated rings. The van der Waals surface area contributed by atoms with E-state index in [1.807, 2.05) is 29.0 Å². The first kappa shape index (κ1) is 13.1. The second kappa shape index (κ2) is 4.99. The SMILES string of the molecule is Cc1oc(-c2ccco2)nc1Cn1ccc(=O)c2sccc21. The molecule has 0 aliphatic rings. The summed E-state index contributed by atoms with van der Waals surface area (Å²) in [6, 6.07) is 7.14. The molecule has 0 aliphatic carbocycles. The normalized spacial score (nSPS) is 11.3. The van der Waals surface area contributed by atoms with Crippen LogP contribution in [0, 0.1) is 6.92 Å². The predicted molar refractivity (Wildman–Crippen MR) is 84.1 cm³/mol. The summed E-state index contributed by atoms with van der Waals surface area (Å²) in [5.74, 6) is 1.82. The lowest BCUT2D eigenvalue weighted by atomic mass is 10.3. The maximum absolute atomic E-state index is 11.8. The summed E-state index contributed by atoms with van der Waals surface area (Å²) in [5, 5.41) is 1.92. The molecule has 0 saturated heterocycles. The van der Waals surface area contributed by atoms with E-state index in [0.717, 1.165) is 21.7 Å². The highest BCUT2D eigenvalue weighted by molar-refractivity contribution is 7.17. The Morgan fingerprint density at radius 3 is 3.05 bits per heavy atom. The Bertz CT molecular complexity index is 992. The molecule has 5 nitrogen and oxygen atoms in total. The molecule has 0 spiro atoms. The summed E-state index contributed by atoms with van der Waals surface area (Å²) in [6.45, 7) is 2.42. The summed E-state index contributed by atoms with van der Waals surface area (Å²) < 4.78 is 13.7. The van der Waals surface area contributed by atoms with E-state index >= 15 is 0 Å². The van der Waals surface area contributed by atoms with Gasteiger partial charge in [0.1, 0.15) is 11.5 Å². The average Bonchev–Trinajstić information content (AvgIpc) is 3.23. The number of fused-ring (bicyclic) bond motifs is 1. The Hall–Kier alpha value is -2.60. The molecule has 4 rings (SSSR count). The monoisotopic (exact) mass is 312 g/mol. The third kappa shape index (κ3) is 2.08. The number of furan rings is 1. The number of pyridine rings is 1. The molecule has 0 amide bonds. The second-order valence-corrected chi connectivity index (χ2v) is 5.86. The molecule has 0 atom stereocenters. The van der Waals surface area contributed by atoms with E-state index in [-0.39, 0.29) is 5.43 Å². The van der Waals surface area contributed by atoms with E-state index in [1.165, 1.54) is 11.3 Å². The van der Waals surface area contributed by atoms with Crippen molar-refractivity contribution in [1.82, 2.24) is 9.55 Å². The molecule has 0 bridgehead atoms. The van der Waals surface area contributed by atoms with Crippen LogP contribution in [0.3, 0.4) is 0 Å². The van der Waals surface area contributed by atoms with Gasteiger partial charge in [-0.1, -0.05) is 0 Å². The van der Waals surface area contributed by atoms with Crippen LogP contribution >= 0.6 is 11.3 Å². The van der Waals surface area contributed by atoms with Crippen molar-refractivity contribution in [2.45, 2.75) is 13.5 Å². The Morgan fingerprint density at radius 1 is 1.32 bits per heavy atom. The van der Waals surface area contributed by atoms with Crippen molar-refractivity contribution in [2.75, 3.05) is 0 Å². The number of nitrogens with zero attached hydrogens (tertiary/aromatic N) is 2. The van der Waals surface area contributed by atoms with Crippen molar-refractivity contribution in [3.8, 4) is 11.7 Å². The van der Waals surface area contributed by atoms with Crippen LogP contribution in [0.4, 0.5) is 0 Å². The Kier molecular flexibility index (Phi) is 2.97.